The molecule has 0 spiro atoms. The number of nitrogens with zero attached hydrogens (tertiary/aromatic N) is 5. The zero-order valence-electron chi connectivity index (χ0n) is 22.2. The van der Waals surface area contributed by atoms with E-state index in [1.807, 2.05) is 18.2 Å². The quantitative estimate of drug-likeness (QED) is 0.394. The number of fused-ring (bicyclic) bond motifs is 3. The second-order valence-electron chi connectivity index (χ2n) is 9.59. The lowest BCUT2D eigenvalue weighted by molar-refractivity contribution is -0.137. The molecule has 40 heavy (non-hydrogen) atoms. The van der Waals surface area contributed by atoms with Crippen molar-refractivity contribution in [3.05, 3.63) is 66.9 Å². The Bertz CT molecular complexity index is 1410. The molecular formula is C28H30F3N7O2. The molecule has 1 amide bonds. The number of amides is 1. The number of anilines is 6. The van der Waals surface area contributed by atoms with Crippen LogP contribution in [0.15, 0.2) is 61.3 Å². The van der Waals surface area contributed by atoms with E-state index in [0.29, 0.717) is 29.4 Å². The van der Waals surface area contributed by atoms with Crippen molar-refractivity contribution in [1.82, 2.24) is 14.9 Å². The summed E-state index contributed by atoms with van der Waals surface area (Å²) in [6.45, 7) is 9.94. The summed E-state index contributed by atoms with van der Waals surface area (Å²) in [6.07, 6.45) is -2.82. The summed E-state index contributed by atoms with van der Waals surface area (Å²) in [5.74, 6) is -0.0786. The number of ether oxygens (including phenoxy) is 1. The number of hydrogen-bond acceptors (Lipinski definition) is 8. The van der Waals surface area contributed by atoms with E-state index in [4.69, 9.17) is 4.74 Å². The Labute approximate surface area is 230 Å². The second kappa shape index (κ2) is 11.0. The number of carbonyl (C=O) groups is 1. The first-order valence-corrected chi connectivity index (χ1v) is 12.9. The molecule has 0 aliphatic carbocycles. The first-order chi connectivity index (χ1) is 19.2. The van der Waals surface area contributed by atoms with Crippen LogP contribution in [0.3, 0.4) is 0 Å². The molecule has 0 saturated carbocycles. The highest BCUT2D eigenvalue weighted by atomic mass is 19.4. The molecule has 2 aromatic carbocycles. The summed E-state index contributed by atoms with van der Waals surface area (Å²) < 4.78 is 47.8. The van der Waals surface area contributed by atoms with E-state index in [0.717, 1.165) is 44.1 Å². The SMILES string of the molecule is C=CC(=O)Nc1cccc(N(C)c2nc(Nc3ccc4c(c3)OC[C@H]3CN(CC)CCN43)ncc2C(F)(F)F)c1. The van der Waals surface area contributed by atoms with Crippen molar-refractivity contribution < 1.29 is 22.7 Å². The lowest BCUT2D eigenvalue weighted by Crippen LogP contribution is -2.57. The molecule has 12 heteroatoms. The molecule has 3 heterocycles. The van der Waals surface area contributed by atoms with Gasteiger partial charge in [0.1, 0.15) is 17.9 Å². The van der Waals surface area contributed by atoms with Crippen LogP contribution in [0.5, 0.6) is 5.75 Å². The van der Waals surface area contributed by atoms with Crippen LogP contribution >= 0.6 is 0 Å². The number of alkyl halides is 3. The lowest BCUT2D eigenvalue weighted by Gasteiger charge is -2.45. The van der Waals surface area contributed by atoms with Gasteiger partial charge in [0.15, 0.2) is 5.82 Å². The molecule has 0 radical (unpaired) electrons. The van der Waals surface area contributed by atoms with Crippen molar-refractivity contribution in [2.45, 2.75) is 19.1 Å². The van der Waals surface area contributed by atoms with E-state index in [1.54, 1.807) is 24.3 Å². The van der Waals surface area contributed by atoms with Crippen LogP contribution in [0.25, 0.3) is 0 Å². The lowest BCUT2D eigenvalue weighted by atomic mass is 10.1. The van der Waals surface area contributed by atoms with E-state index < -0.39 is 17.6 Å². The van der Waals surface area contributed by atoms with Crippen molar-refractivity contribution >= 4 is 40.4 Å². The minimum Gasteiger partial charge on any atom is -0.489 e. The highest BCUT2D eigenvalue weighted by molar-refractivity contribution is 5.99. The Balaban J connectivity index is 1.41. The molecule has 5 rings (SSSR count). The Morgan fingerprint density at radius 3 is 2.80 bits per heavy atom. The summed E-state index contributed by atoms with van der Waals surface area (Å²) in [7, 11) is 1.47. The Morgan fingerprint density at radius 2 is 2.05 bits per heavy atom. The first kappa shape index (κ1) is 27.3. The Kier molecular flexibility index (Phi) is 7.53. The Morgan fingerprint density at radius 1 is 1.23 bits per heavy atom. The van der Waals surface area contributed by atoms with Gasteiger partial charge in [-0.3, -0.25) is 9.69 Å². The number of likely N-dealkylation sites (N-methyl/N-ethyl adjacent to an activating group) is 1. The summed E-state index contributed by atoms with van der Waals surface area (Å²) in [5.41, 5.74) is 1.38. The number of carbonyl (C=O) groups excluding carboxylic acids is 1. The molecule has 1 fully saturated rings. The number of hydrogen-bond donors (Lipinski definition) is 2. The zero-order chi connectivity index (χ0) is 28.4. The molecule has 3 aromatic rings. The maximum absolute atomic E-state index is 13.9. The topological polar surface area (TPSA) is 85.9 Å². The molecule has 0 bridgehead atoms. The van der Waals surface area contributed by atoms with Gasteiger partial charge in [0.25, 0.3) is 0 Å². The van der Waals surface area contributed by atoms with Crippen molar-refractivity contribution in [2.24, 2.45) is 0 Å². The summed E-state index contributed by atoms with van der Waals surface area (Å²) in [6, 6.07) is 12.3. The molecule has 2 N–H and O–H groups in total. The third-order valence-electron chi connectivity index (χ3n) is 7.05. The fourth-order valence-electron chi connectivity index (χ4n) is 4.92. The van der Waals surface area contributed by atoms with Crippen LogP contribution < -0.4 is 25.2 Å². The van der Waals surface area contributed by atoms with Gasteiger partial charge in [0.05, 0.1) is 11.7 Å². The van der Waals surface area contributed by atoms with Crippen molar-refractivity contribution in [3.8, 4) is 5.75 Å². The highest BCUT2D eigenvalue weighted by Gasteiger charge is 2.37. The van der Waals surface area contributed by atoms with E-state index in [9.17, 15) is 18.0 Å². The summed E-state index contributed by atoms with van der Waals surface area (Å²) >= 11 is 0. The third kappa shape index (κ3) is 5.67. The molecule has 2 aliphatic heterocycles. The minimum absolute atomic E-state index is 0.00355. The van der Waals surface area contributed by atoms with Gasteiger partial charge in [-0.15, -0.1) is 0 Å². The van der Waals surface area contributed by atoms with Crippen LogP contribution in [-0.4, -0.2) is 66.7 Å². The average molecular weight is 554 g/mol. The molecule has 210 valence electrons. The van der Waals surface area contributed by atoms with Crippen LogP contribution in [-0.2, 0) is 11.0 Å². The normalized spacial score (nSPS) is 16.8. The van der Waals surface area contributed by atoms with E-state index in [-0.39, 0.29) is 17.8 Å². The van der Waals surface area contributed by atoms with Gasteiger partial charge in [-0.25, -0.2) is 4.98 Å². The fourth-order valence-corrected chi connectivity index (χ4v) is 4.92. The van der Waals surface area contributed by atoms with Gasteiger partial charge in [-0.1, -0.05) is 19.6 Å². The summed E-state index contributed by atoms with van der Waals surface area (Å²) in [4.78, 5) is 25.9. The third-order valence-corrected chi connectivity index (χ3v) is 7.05. The fraction of sp³-hybridized carbons (Fsp3) is 0.321. The molecule has 1 atom stereocenters. The number of halogens is 3. The van der Waals surface area contributed by atoms with Gasteiger partial charge in [-0.2, -0.15) is 18.2 Å². The van der Waals surface area contributed by atoms with Gasteiger partial charge < -0.3 is 25.2 Å². The van der Waals surface area contributed by atoms with Gasteiger partial charge in [0.2, 0.25) is 11.9 Å². The molecular weight excluding hydrogens is 523 g/mol. The number of benzene rings is 2. The first-order valence-electron chi connectivity index (χ1n) is 12.9. The smallest absolute Gasteiger partial charge is 0.421 e. The largest absolute Gasteiger partial charge is 0.489 e. The van der Waals surface area contributed by atoms with Crippen molar-refractivity contribution in [3.63, 3.8) is 0 Å². The van der Waals surface area contributed by atoms with Crippen molar-refractivity contribution in [2.75, 3.05) is 60.3 Å². The van der Waals surface area contributed by atoms with Gasteiger partial charge in [-0.05, 0) is 43.0 Å². The molecule has 1 saturated heterocycles. The number of aromatic nitrogens is 2. The maximum Gasteiger partial charge on any atom is 0.421 e. The minimum atomic E-state index is -4.69. The van der Waals surface area contributed by atoms with Crippen LogP contribution in [0.2, 0.25) is 0 Å². The number of nitrogens with one attached hydrogen (secondary N) is 2. The second-order valence-corrected chi connectivity index (χ2v) is 9.59. The molecule has 0 unspecified atom stereocenters. The molecule has 2 aliphatic rings. The summed E-state index contributed by atoms with van der Waals surface area (Å²) in [5, 5.41) is 5.63. The zero-order valence-corrected chi connectivity index (χ0v) is 22.2. The average Bonchev–Trinajstić information content (AvgIpc) is 2.95. The van der Waals surface area contributed by atoms with Crippen LogP contribution in [0.1, 0.15) is 12.5 Å². The van der Waals surface area contributed by atoms with Gasteiger partial charge >= 0.3 is 6.18 Å². The number of rotatable bonds is 7. The number of piperazine rings is 1. The van der Waals surface area contributed by atoms with Crippen LogP contribution in [0, 0.1) is 0 Å². The van der Waals surface area contributed by atoms with E-state index >= 15 is 0 Å². The maximum atomic E-state index is 13.9. The molecule has 1 aromatic heterocycles. The standard InChI is InChI=1S/C28H30F3N7O2/c1-4-25(39)33-18-7-6-8-20(13-18)36(3)26-22(28(29,30)31)15-32-27(35-26)34-19-9-10-23-24(14-19)40-17-21-16-37(5-2)11-12-38(21)23/h4,6-10,13-15,21H,1,5,11-12,16-17H2,2-3H3,(H,33,39)(H,32,34,35)/t21-/m1/s1. The monoisotopic (exact) mass is 553 g/mol. The van der Waals surface area contributed by atoms with Crippen molar-refractivity contribution in [1.29, 1.82) is 0 Å². The van der Waals surface area contributed by atoms with E-state index in [2.05, 4.69) is 43.9 Å². The predicted octanol–water partition coefficient (Wildman–Crippen LogP) is 5.03. The van der Waals surface area contributed by atoms with Gasteiger partial charge in [0, 0.05) is 56.0 Å². The Hall–Kier alpha value is -4.32. The van der Waals surface area contributed by atoms with E-state index in [1.165, 1.54) is 11.9 Å². The highest BCUT2D eigenvalue weighted by Crippen LogP contribution is 2.40. The van der Waals surface area contributed by atoms with Crippen LogP contribution in [0.4, 0.5) is 47.7 Å². The predicted molar refractivity (Wildman–Crippen MR) is 149 cm³/mol. The molecule has 9 nitrogen and oxygen atoms in total.